The van der Waals surface area contributed by atoms with E-state index in [1.165, 1.54) is 0 Å². The van der Waals surface area contributed by atoms with Gasteiger partial charge in [-0.15, -0.1) is 0 Å². The largest absolute Gasteiger partial charge is 0.395 e. The number of likely N-dealkylation sites (N-methyl/N-ethyl adjacent to an activating group) is 1. The normalized spacial score (nSPS) is 11.6. The van der Waals surface area contributed by atoms with Crippen molar-refractivity contribution in [3.63, 3.8) is 0 Å². The highest BCUT2D eigenvalue weighted by Gasteiger charge is 2.17. The second kappa shape index (κ2) is 4.65. The van der Waals surface area contributed by atoms with Gasteiger partial charge in [-0.2, -0.15) is 0 Å². The van der Waals surface area contributed by atoms with Crippen LogP contribution in [-0.2, 0) is 5.54 Å². The zero-order valence-corrected chi connectivity index (χ0v) is 10.3. The summed E-state index contributed by atoms with van der Waals surface area (Å²) in [7, 11) is 1.74. The first kappa shape index (κ1) is 12.7. The number of rotatable bonds is 3. The van der Waals surface area contributed by atoms with E-state index < -0.39 is 0 Å². The van der Waals surface area contributed by atoms with Crippen molar-refractivity contribution < 1.29 is 5.11 Å². The van der Waals surface area contributed by atoms with Crippen molar-refractivity contribution in [1.29, 1.82) is 0 Å². The van der Waals surface area contributed by atoms with Crippen LogP contribution in [0, 0.1) is 0 Å². The summed E-state index contributed by atoms with van der Waals surface area (Å²) in [6, 6.07) is 0. The van der Waals surface area contributed by atoms with Crippen LogP contribution in [0.5, 0.6) is 0 Å². The van der Waals surface area contributed by atoms with Gasteiger partial charge in [-0.3, -0.25) is 4.79 Å². The Hall–Kier alpha value is -1.36. The SMILES string of the molecule is CN(CCO)c1nccn(C(C)(C)C)c1=O. The Labute approximate surface area is 95.4 Å². The molecule has 0 fully saturated rings. The van der Waals surface area contributed by atoms with E-state index in [-0.39, 0.29) is 17.7 Å². The molecule has 0 saturated carbocycles. The molecule has 5 nitrogen and oxygen atoms in total. The molecule has 0 amide bonds. The van der Waals surface area contributed by atoms with E-state index in [4.69, 9.17) is 5.11 Å². The third-order valence-corrected chi connectivity index (χ3v) is 2.34. The van der Waals surface area contributed by atoms with Gasteiger partial charge in [0.25, 0.3) is 5.56 Å². The third kappa shape index (κ3) is 2.61. The van der Waals surface area contributed by atoms with Gasteiger partial charge in [-0.25, -0.2) is 4.98 Å². The zero-order chi connectivity index (χ0) is 12.3. The van der Waals surface area contributed by atoms with Crippen molar-refractivity contribution in [1.82, 2.24) is 9.55 Å². The molecule has 0 unspecified atom stereocenters. The van der Waals surface area contributed by atoms with Crippen LogP contribution < -0.4 is 10.5 Å². The Bertz CT molecular complexity index is 406. The third-order valence-electron chi connectivity index (χ3n) is 2.34. The lowest BCUT2D eigenvalue weighted by Crippen LogP contribution is -2.38. The standard InChI is InChI=1S/C11H19N3O2/c1-11(2,3)14-6-5-12-9(10(14)16)13(4)7-8-15/h5-6,15H,7-8H2,1-4H3. The average molecular weight is 225 g/mol. The van der Waals surface area contributed by atoms with E-state index in [9.17, 15) is 4.79 Å². The average Bonchev–Trinajstić information content (AvgIpc) is 2.16. The van der Waals surface area contributed by atoms with Crippen LogP contribution in [0.1, 0.15) is 20.8 Å². The van der Waals surface area contributed by atoms with Gasteiger partial charge < -0.3 is 14.6 Å². The van der Waals surface area contributed by atoms with Gasteiger partial charge in [0, 0.05) is 31.5 Å². The summed E-state index contributed by atoms with van der Waals surface area (Å²) < 4.78 is 1.64. The molecule has 1 heterocycles. The molecular weight excluding hydrogens is 206 g/mol. The van der Waals surface area contributed by atoms with Gasteiger partial charge in [0.15, 0.2) is 5.82 Å². The maximum atomic E-state index is 12.1. The highest BCUT2D eigenvalue weighted by Crippen LogP contribution is 2.11. The second-order valence-electron chi connectivity index (χ2n) is 4.74. The lowest BCUT2D eigenvalue weighted by molar-refractivity contribution is 0.303. The minimum atomic E-state index is -0.269. The molecule has 1 aromatic rings. The number of aliphatic hydroxyl groups excluding tert-OH is 1. The molecule has 1 N–H and O–H groups in total. The number of hydrogen-bond donors (Lipinski definition) is 1. The zero-order valence-electron chi connectivity index (χ0n) is 10.3. The van der Waals surface area contributed by atoms with Crippen LogP contribution >= 0.6 is 0 Å². The summed E-state index contributed by atoms with van der Waals surface area (Å²) in [5.74, 6) is 0.367. The lowest BCUT2D eigenvalue weighted by Gasteiger charge is -2.24. The molecule has 0 saturated heterocycles. The van der Waals surface area contributed by atoms with Crippen molar-refractivity contribution in [2.24, 2.45) is 0 Å². The molecule has 0 atom stereocenters. The molecule has 0 radical (unpaired) electrons. The van der Waals surface area contributed by atoms with E-state index in [0.29, 0.717) is 12.4 Å². The fraction of sp³-hybridized carbons (Fsp3) is 0.636. The molecule has 5 heteroatoms. The fourth-order valence-corrected chi connectivity index (χ4v) is 1.45. The summed E-state index contributed by atoms with van der Waals surface area (Å²) in [6.45, 7) is 6.29. The summed E-state index contributed by atoms with van der Waals surface area (Å²) in [5.41, 5.74) is -0.402. The predicted octanol–water partition coefficient (Wildman–Crippen LogP) is 0.427. The molecule has 16 heavy (non-hydrogen) atoms. The Balaban J connectivity index is 3.20. The van der Waals surface area contributed by atoms with Crippen LogP contribution in [0.3, 0.4) is 0 Å². The Morgan fingerprint density at radius 2 is 2.12 bits per heavy atom. The summed E-state index contributed by atoms with van der Waals surface area (Å²) in [5, 5.41) is 8.84. The van der Waals surface area contributed by atoms with Gasteiger partial charge in [0.05, 0.1) is 6.61 Å². The second-order valence-corrected chi connectivity index (χ2v) is 4.74. The van der Waals surface area contributed by atoms with Crippen molar-refractivity contribution >= 4 is 5.82 Å². The number of hydrogen-bond acceptors (Lipinski definition) is 4. The minimum Gasteiger partial charge on any atom is -0.395 e. The molecule has 0 aliphatic rings. The van der Waals surface area contributed by atoms with Gasteiger partial charge in [-0.1, -0.05) is 0 Å². The molecule has 0 bridgehead atoms. The van der Waals surface area contributed by atoms with Crippen LogP contribution in [0.25, 0.3) is 0 Å². The highest BCUT2D eigenvalue weighted by atomic mass is 16.3. The molecular formula is C11H19N3O2. The molecule has 0 spiro atoms. The van der Waals surface area contributed by atoms with Crippen LogP contribution in [0.2, 0.25) is 0 Å². The van der Waals surface area contributed by atoms with Crippen LogP contribution in [-0.4, -0.2) is 34.9 Å². The maximum Gasteiger partial charge on any atom is 0.293 e. The summed E-state index contributed by atoms with van der Waals surface area (Å²) in [6.07, 6.45) is 3.29. The van der Waals surface area contributed by atoms with E-state index >= 15 is 0 Å². The van der Waals surface area contributed by atoms with E-state index in [2.05, 4.69) is 4.98 Å². The molecule has 1 rings (SSSR count). The van der Waals surface area contributed by atoms with Crippen molar-refractivity contribution in [2.45, 2.75) is 26.3 Å². The van der Waals surface area contributed by atoms with Gasteiger partial charge in [0.2, 0.25) is 0 Å². The quantitative estimate of drug-likeness (QED) is 0.810. The monoisotopic (exact) mass is 225 g/mol. The molecule has 0 aliphatic heterocycles. The lowest BCUT2D eigenvalue weighted by atomic mass is 10.1. The van der Waals surface area contributed by atoms with Gasteiger partial charge >= 0.3 is 0 Å². The van der Waals surface area contributed by atoms with Gasteiger partial charge in [-0.05, 0) is 20.8 Å². The summed E-state index contributed by atoms with van der Waals surface area (Å²) in [4.78, 5) is 17.8. The molecule has 90 valence electrons. The molecule has 1 aromatic heterocycles. The smallest absolute Gasteiger partial charge is 0.293 e. The Morgan fingerprint density at radius 3 is 2.62 bits per heavy atom. The molecule has 0 aliphatic carbocycles. The van der Waals surface area contributed by atoms with Crippen LogP contribution in [0.15, 0.2) is 17.2 Å². The first-order valence-electron chi connectivity index (χ1n) is 5.28. The van der Waals surface area contributed by atoms with Crippen molar-refractivity contribution in [3.8, 4) is 0 Å². The van der Waals surface area contributed by atoms with E-state index in [0.717, 1.165) is 0 Å². The topological polar surface area (TPSA) is 58.4 Å². The number of aromatic nitrogens is 2. The fourth-order valence-electron chi connectivity index (χ4n) is 1.45. The maximum absolute atomic E-state index is 12.1. The Morgan fingerprint density at radius 1 is 1.50 bits per heavy atom. The first-order valence-corrected chi connectivity index (χ1v) is 5.28. The first-order chi connectivity index (χ1) is 7.38. The minimum absolute atomic E-state index is 0.00202. The van der Waals surface area contributed by atoms with E-state index in [1.807, 2.05) is 20.8 Å². The van der Waals surface area contributed by atoms with E-state index in [1.54, 1.807) is 28.9 Å². The number of nitrogens with zero attached hydrogens (tertiary/aromatic N) is 3. The van der Waals surface area contributed by atoms with Gasteiger partial charge in [0.1, 0.15) is 0 Å². The number of anilines is 1. The molecule has 0 aromatic carbocycles. The predicted molar refractivity (Wildman–Crippen MR) is 63.8 cm³/mol. The van der Waals surface area contributed by atoms with Crippen molar-refractivity contribution in [3.05, 3.63) is 22.7 Å². The summed E-state index contributed by atoms with van der Waals surface area (Å²) >= 11 is 0. The van der Waals surface area contributed by atoms with Crippen molar-refractivity contribution in [2.75, 3.05) is 25.1 Å². The Kier molecular flexibility index (Phi) is 3.70. The number of aliphatic hydroxyl groups is 1. The van der Waals surface area contributed by atoms with Crippen LogP contribution in [0.4, 0.5) is 5.82 Å². The highest BCUT2D eigenvalue weighted by molar-refractivity contribution is 5.34.